The minimum atomic E-state index is 0.0614. The van der Waals surface area contributed by atoms with Gasteiger partial charge in [-0.1, -0.05) is 18.2 Å². The molecule has 7 nitrogen and oxygen atoms in total. The molecule has 1 aromatic carbocycles. The highest BCUT2D eigenvalue weighted by Gasteiger charge is 2.30. The maximum Gasteiger partial charge on any atom is 0.253 e. The van der Waals surface area contributed by atoms with Gasteiger partial charge in [0.2, 0.25) is 0 Å². The average molecular weight is 433 g/mol. The fourth-order valence-electron chi connectivity index (χ4n) is 4.38. The van der Waals surface area contributed by atoms with Gasteiger partial charge in [0.15, 0.2) is 11.5 Å². The number of benzene rings is 1. The van der Waals surface area contributed by atoms with Crippen molar-refractivity contribution in [1.29, 1.82) is 0 Å². The number of carbonyl (C=O) groups excluding carboxylic acids is 2. The number of ether oxygens (including phenoxy) is 1. The molecule has 0 radical (unpaired) electrons. The first-order valence-electron chi connectivity index (χ1n) is 11.5. The summed E-state index contributed by atoms with van der Waals surface area (Å²) in [5, 5.41) is 4.59. The molecule has 1 aliphatic carbocycles. The van der Waals surface area contributed by atoms with Crippen LogP contribution in [0.25, 0.3) is 16.9 Å². The van der Waals surface area contributed by atoms with Crippen LogP contribution in [0.3, 0.4) is 0 Å². The molecule has 0 atom stereocenters. The highest BCUT2D eigenvalue weighted by molar-refractivity contribution is 5.94. The van der Waals surface area contributed by atoms with E-state index >= 15 is 0 Å². The van der Waals surface area contributed by atoms with Crippen molar-refractivity contribution in [1.82, 2.24) is 19.5 Å². The number of carbonyl (C=O) groups is 2. The van der Waals surface area contributed by atoms with Crippen molar-refractivity contribution >= 4 is 17.3 Å². The van der Waals surface area contributed by atoms with Gasteiger partial charge in [0, 0.05) is 36.7 Å². The molecule has 1 saturated carbocycles. The molecule has 0 unspecified atom stereocenters. The number of rotatable bonds is 7. The van der Waals surface area contributed by atoms with Gasteiger partial charge < -0.3 is 9.64 Å². The molecule has 166 valence electrons. The molecule has 5 rings (SSSR count). The summed E-state index contributed by atoms with van der Waals surface area (Å²) in [4.78, 5) is 31.5. The lowest BCUT2D eigenvalue weighted by molar-refractivity contribution is -0.119. The van der Waals surface area contributed by atoms with E-state index in [-0.39, 0.29) is 23.7 Å². The molecule has 2 fully saturated rings. The molecule has 1 amide bonds. The summed E-state index contributed by atoms with van der Waals surface area (Å²) in [6.45, 7) is 4.18. The van der Waals surface area contributed by atoms with Crippen LogP contribution in [0.1, 0.15) is 48.8 Å². The molecule has 1 aliphatic heterocycles. The Kier molecular flexibility index (Phi) is 5.74. The van der Waals surface area contributed by atoms with Crippen LogP contribution in [-0.2, 0) is 16.0 Å². The van der Waals surface area contributed by atoms with Gasteiger partial charge >= 0.3 is 0 Å². The lowest BCUT2D eigenvalue weighted by Gasteiger charge is -2.31. The Morgan fingerprint density at radius 2 is 1.78 bits per heavy atom. The van der Waals surface area contributed by atoms with Crippen LogP contribution in [0, 0.1) is 5.92 Å². The van der Waals surface area contributed by atoms with E-state index in [0.29, 0.717) is 17.8 Å². The summed E-state index contributed by atoms with van der Waals surface area (Å²) in [5.41, 5.74) is 3.24. The van der Waals surface area contributed by atoms with Crippen LogP contribution >= 0.6 is 0 Å². The summed E-state index contributed by atoms with van der Waals surface area (Å²) in [6.07, 6.45) is 4.31. The maximum absolute atomic E-state index is 12.9. The number of piperidine rings is 1. The van der Waals surface area contributed by atoms with Crippen molar-refractivity contribution in [3.8, 4) is 11.3 Å². The lowest BCUT2D eigenvalue weighted by atomic mass is 10.0. The maximum atomic E-state index is 12.9. The van der Waals surface area contributed by atoms with Gasteiger partial charge in [0.05, 0.1) is 18.2 Å². The second kappa shape index (κ2) is 8.82. The van der Waals surface area contributed by atoms with Gasteiger partial charge in [-0.05, 0) is 56.9 Å². The predicted octanol–water partition coefficient (Wildman–Crippen LogP) is 3.56. The summed E-state index contributed by atoms with van der Waals surface area (Å²) >= 11 is 0. The van der Waals surface area contributed by atoms with Crippen molar-refractivity contribution in [3.63, 3.8) is 0 Å². The molecule has 2 aromatic heterocycles. The number of fused-ring (bicyclic) bond motifs is 1. The number of likely N-dealkylation sites (tertiary alicyclic amines) is 1. The van der Waals surface area contributed by atoms with Gasteiger partial charge in [0.25, 0.3) is 5.91 Å². The Morgan fingerprint density at radius 3 is 2.47 bits per heavy atom. The molecule has 2 aliphatic rings. The first kappa shape index (κ1) is 20.8. The fraction of sp³-hybridized carbons (Fsp3) is 0.440. The van der Waals surface area contributed by atoms with Crippen molar-refractivity contribution in [3.05, 3.63) is 53.9 Å². The molecule has 1 saturated heterocycles. The van der Waals surface area contributed by atoms with Crippen molar-refractivity contribution < 1.29 is 14.3 Å². The average Bonchev–Trinajstić information content (AvgIpc) is 3.59. The van der Waals surface area contributed by atoms with E-state index in [4.69, 9.17) is 4.74 Å². The number of aromatic nitrogens is 3. The first-order chi connectivity index (χ1) is 15.6. The third-order valence-electron chi connectivity index (χ3n) is 6.33. The summed E-state index contributed by atoms with van der Waals surface area (Å²) in [7, 11) is 0. The predicted molar refractivity (Wildman–Crippen MR) is 120 cm³/mol. The van der Waals surface area contributed by atoms with E-state index in [1.54, 1.807) is 4.52 Å². The Hall–Kier alpha value is -3.06. The molecule has 0 N–H and O–H groups in total. The van der Waals surface area contributed by atoms with E-state index < -0.39 is 0 Å². The van der Waals surface area contributed by atoms with Crippen molar-refractivity contribution in [2.75, 3.05) is 19.7 Å². The number of hydrogen-bond donors (Lipinski definition) is 0. The molecular weight excluding hydrogens is 404 g/mol. The summed E-state index contributed by atoms with van der Waals surface area (Å²) in [5.74, 6) is 1.06. The number of nitrogens with zero attached hydrogens (tertiary/aromatic N) is 4. The van der Waals surface area contributed by atoms with Crippen LogP contribution in [0.2, 0.25) is 0 Å². The molecular formula is C25H28N4O3. The summed E-state index contributed by atoms with van der Waals surface area (Å²) in [6, 6.07) is 13.5. The number of pyridine rings is 1. The van der Waals surface area contributed by atoms with Crippen LogP contribution in [-0.4, -0.2) is 57.0 Å². The molecule has 0 spiro atoms. The first-order valence-corrected chi connectivity index (χ1v) is 11.5. The van der Waals surface area contributed by atoms with Gasteiger partial charge in [-0.15, -0.1) is 0 Å². The van der Waals surface area contributed by atoms with Crippen LogP contribution in [0.15, 0.2) is 42.5 Å². The van der Waals surface area contributed by atoms with Crippen LogP contribution in [0.4, 0.5) is 0 Å². The van der Waals surface area contributed by atoms with E-state index in [9.17, 15) is 9.59 Å². The quantitative estimate of drug-likeness (QED) is 0.571. The zero-order valence-corrected chi connectivity index (χ0v) is 18.4. The topological polar surface area (TPSA) is 76.8 Å². The SMILES string of the molecule is CCOC1CCN(C(=O)c2ccc(-c3cccc4nc(CC(=O)C5CC5)nn34)cc2)CC1. The summed E-state index contributed by atoms with van der Waals surface area (Å²) < 4.78 is 7.47. The number of Topliss-reactive ketones (excluding diaryl/α,β-unsaturated/α-hetero) is 1. The van der Waals surface area contributed by atoms with Crippen LogP contribution in [0.5, 0.6) is 0 Å². The minimum absolute atomic E-state index is 0.0614. The minimum Gasteiger partial charge on any atom is -0.378 e. The lowest BCUT2D eigenvalue weighted by Crippen LogP contribution is -2.40. The van der Waals surface area contributed by atoms with Gasteiger partial charge in [-0.25, -0.2) is 9.50 Å². The van der Waals surface area contributed by atoms with E-state index in [0.717, 1.165) is 62.3 Å². The molecule has 3 aromatic rings. The fourth-order valence-corrected chi connectivity index (χ4v) is 4.38. The van der Waals surface area contributed by atoms with Crippen molar-refractivity contribution in [2.45, 2.75) is 45.1 Å². The monoisotopic (exact) mass is 432 g/mol. The standard InChI is InChI=1S/C25H28N4O3/c1-2-32-20-12-14-28(15-13-20)25(31)19-10-6-17(7-11-19)21-4-3-5-24-26-23(27-29(21)24)16-22(30)18-8-9-18/h3-7,10-11,18,20H,2,8-9,12-16H2,1H3. The normalized spacial score (nSPS) is 17.1. The molecule has 3 heterocycles. The third kappa shape index (κ3) is 4.30. The second-order valence-corrected chi connectivity index (χ2v) is 8.65. The Morgan fingerprint density at radius 1 is 1.03 bits per heavy atom. The zero-order chi connectivity index (χ0) is 22.1. The Labute approximate surface area is 187 Å². The highest BCUT2D eigenvalue weighted by atomic mass is 16.5. The van der Waals surface area contributed by atoms with Crippen molar-refractivity contribution in [2.24, 2.45) is 5.92 Å². The Bertz CT molecular complexity index is 1130. The van der Waals surface area contributed by atoms with Crippen LogP contribution < -0.4 is 0 Å². The second-order valence-electron chi connectivity index (χ2n) is 8.65. The number of hydrogen-bond acceptors (Lipinski definition) is 5. The van der Waals surface area contributed by atoms with Gasteiger partial charge in [-0.2, -0.15) is 5.10 Å². The smallest absolute Gasteiger partial charge is 0.253 e. The molecule has 7 heteroatoms. The van der Waals surface area contributed by atoms with E-state index in [1.807, 2.05) is 54.3 Å². The number of ketones is 1. The molecule has 32 heavy (non-hydrogen) atoms. The molecule has 0 bridgehead atoms. The third-order valence-corrected chi connectivity index (χ3v) is 6.33. The largest absolute Gasteiger partial charge is 0.378 e. The number of amides is 1. The van der Waals surface area contributed by atoms with E-state index in [2.05, 4.69) is 10.1 Å². The Balaban J connectivity index is 1.32. The van der Waals surface area contributed by atoms with Gasteiger partial charge in [-0.3, -0.25) is 9.59 Å². The highest BCUT2D eigenvalue weighted by Crippen LogP contribution is 2.31. The zero-order valence-electron chi connectivity index (χ0n) is 18.4. The van der Waals surface area contributed by atoms with E-state index in [1.165, 1.54) is 0 Å². The van der Waals surface area contributed by atoms with Gasteiger partial charge in [0.1, 0.15) is 5.78 Å².